The molecule has 23 heavy (non-hydrogen) atoms. The van der Waals surface area contributed by atoms with Gasteiger partial charge in [0.25, 0.3) is 0 Å². The Morgan fingerprint density at radius 1 is 1.04 bits per heavy atom. The number of amides is 1. The summed E-state index contributed by atoms with van der Waals surface area (Å²) in [5.41, 5.74) is 2.15. The molecule has 0 aliphatic heterocycles. The van der Waals surface area contributed by atoms with Gasteiger partial charge in [-0.2, -0.15) is 0 Å². The number of rotatable bonds is 4. The van der Waals surface area contributed by atoms with E-state index in [1.807, 2.05) is 69.3 Å². The molecule has 4 nitrogen and oxygen atoms in total. The van der Waals surface area contributed by atoms with E-state index in [9.17, 15) is 4.79 Å². The molecular formula is C18H21ClN2O2. The van der Waals surface area contributed by atoms with Gasteiger partial charge in [0, 0.05) is 22.9 Å². The molecule has 0 aliphatic rings. The smallest absolute Gasteiger partial charge is 0.412 e. The molecule has 0 saturated carbocycles. The van der Waals surface area contributed by atoms with Crippen molar-refractivity contribution in [2.75, 3.05) is 10.6 Å². The lowest BCUT2D eigenvalue weighted by Gasteiger charge is -2.19. The maximum Gasteiger partial charge on any atom is 0.412 e. The minimum atomic E-state index is -0.513. The van der Waals surface area contributed by atoms with Crippen LogP contribution in [-0.4, -0.2) is 11.7 Å². The van der Waals surface area contributed by atoms with Gasteiger partial charge in [-0.25, -0.2) is 4.79 Å². The molecule has 2 rings (SSSR count). The van der Waals surface area contributed by atoms with Crippen molar-refractivity contribution in [3.63, 3.8) is 0 Å². The number of hydrogen-bond donors (Lipinski definition) is 2. The van der Waals surface area contributed by atoms with Gasteiger partial charge in [-0.1, -0.05) is 29.8 Å². The fourth-order valence-corrected chi connectivity index (χ4v) is 2.13. The summed E-state index contributed by atoms with van der Waals surface area (Å²) in [6.07, 6.45) is -0.464. The molecule has 0 atom stereocenters. The van der Waals surface area contributed by atoms with Crippen LogP contribution in [0, 0.1) is 0 Å². The minimum absolute atomic E-state index is 0.464. The van der Waals surface area contributed by atoms with E-state index in [-0.39, 0.29) is 0 Å². The predicted octanol–water partition coefficient (Wildman–Crippen LogP) is 5.30. The normalized spacial score (nSPS) is 11.0. The van der Waals surface area contributed by atoms with Crippen LogP contribution in [0.25, 0.3) is 0 Å². The van der Waals surface area contributed by atoms with Gasteiger partial charge in [0.2, 0.25) is 0 Å². The van der Waals surface area contributed by atoms with Crippen molar-refractivity contribution < 1.29 is 9.53 Å². The van der Waals surface area contributed by atoms with Crippen LogP contribution in [0.1, 0.15) is 26.3 Å². The van der Waals surface area contributed by atoms with Gasteiger partial charge in [-0.15, -0.1) is 0 Å². The Kier molecular flexibility index (Phi) is 5.50. The van der Waals surface area contributed by atoms with Crippen molar-refractivity contribution in [3.05, 3.63) is 59.1 Å². The molecule has 2 N–H and O–H groups in total. The van der Waals surface area contributed by atoms with Gasteiger partial charge < -0.3 is 10.1 Å². The third-order valence-electron chi connectivity index (χ3n) is 2.97. The highest BCUT2D eigenvalue weighted by Crippen LogP contribution is 2.19. The molecule has 0 heterocycles. The second-order valence-electron chi connectivity index (χ2n) is 6.15. The summed E-state index contributed by atoms with van der Waals surface area (Å²) < 4.78 is 5.21. The Labute approximate surface area is 141 Å². The SMILES string of the molecule is CC(C)(C)OC(=O)Nc1ccc(NCc2ccccc2Cl)cc1. The largest absolute Gasteiger partial charge is 0.444 e. The lowest BCUT2D eigenvalue weighted by Crippen LogP contribution is -2.27. The average Bonchev–Trinajstić information content (AvgIpc) is 2.46. The summed E-state index contributed by atoms with van der Waals surface area (Å²) in [5.74, 6) is 0. The number of nitrogens with one attached hydrogen (secondary N) is 2. The molecule has 0 spiro atoms. The van der Waals surface area contributed by atoms with Crippen molar-refractivity contribution in [3.8, 4) is 0 Å². The van der Waals surface area contributed by atoms with Crippen LogP contribution in [0.5, 0.6) is 0 Å². The number of benzene rings is 2. The Bertz CT molecular complexity index is 663. The summed E-state index contributed by atoms with van der Waals surface area (Å²) >= 11 is 6.12. The number of hydrogen-bond acceptors (Lipinski definition) is 3. The molecule has 1 amide bonds. The second kappa shape index (κ2) is 7.38. The number of anilines is 2. The molecule has 0 bridgehead atoms. The molecule has 0 unspecified atom stereocenters. The highest BCUT2D eigenvalue weighted by Gasteiger charge is 2.16. The van der Waals surface area contributed by atoms with Gasteiger partial charge >= 0.3 is 6.09 Å². The number of ether oxygens (including phenoxy) is 1. The quantitative estimate of drug-likeness (QED) is 0.798. The van der Waals surface area contributed by atoms with Gasteiger partial charge in [0.1, 0.15) is 5.60 Å². The molecule has 0 saturated heterocycles. The summed E-state index contributed by atoms with van der Waals surface area (Å²) in [7, 11) is 0. The minimum Gasteiger partial charge on any atom is -0.444 e. The maximum absolute atomic E-state index is 11.7. The van der Waals surface area contributed by atoms with Gasteiger partial charge in [-0.05, 0) is 56.7 Å². The van der Waals surface area contributed by atoms with Gasteiger partial charge in [0.05, 0.1) is 0 Å². The van der Waals surface area contributed by atoms with Crippen molar-refractivity contribution >= 4 is 29.1 Å². The summed E-state index contributed by atoms with van der Waals surface area (Å²) in [6.45, 7) is 6.12. The van der Waals surface area contributed by atoms with E-state index in [4.69, 9.17) is 16.3 Å². The number of halogens is 1. The first-order valence-corrected chi connectivity index (χ1v) is 7.79. The molecule has 2 aromatic carbocycles. The van der Waals surface area contributed by atoms with Crippen LogP contribution in [0.15, 0.2) is 48.5 Å². The summed E-state index contributed by atoms with van der Waals surface area (Å²) in [4.78, 5) is 11.7. The summed E-state index contributed by atoms with van der Waals surface area (Å²) in [5, 5.41) is 6.73. The Morgan fingerprint density at radius 2 is 1.65 bits per heavy atom. The van der Waals surface area contributed by atoms with Crippen molar-refractivity contribution in [2.45, 2.75) is 32.9 Å². The van der Waals surface area contributed by atoms with Gasteiger partial charge in [0.15, 0.2) is 0 Å². The highest BCUT2D eigenvalue weighted by atomic mass is 35.5. The Balaban J connectivity index is 1.90. The first-order valence-electron chi connectivity index (χ1n) is 7.41. The Hall–Kier alpha value is -2.20. The second-order valence-corrected chi connectivity index (χ2v) is 6.56. The zero-order valence-electron chi connectivity index (χ0n) is 13.5. The molecule has 0 aliphatic carbocycles. The van der Waals surface area contributed by atoms with E-state index in [2.05, 4.69) is 10.6 Å². The molecular weight excluding hydrogens is 312 g/mol. The first kappa shape index (κ1) is 17.2. The average molecular weight is 333 g/mol. The van der Waals surface area contributed by atoms with Crippen LogP contribution in [-0.2, 0) is 11.3 Å². The molecule has 0 fully saturated rings. The molecule has 122 valence electrons. The third-order valence-corrected chi connectivity index (χ3v) is 3.34. The third kappa shape index (κ3) is 5.83. The first-order chi connectivity index (χ1) is 10.8. The van der Waals surface area contributed by atoms with Crippen LogP contribution in [0.3, 0.4) is 0 Å². The van der Waals surface area contributed by atoms with Crippen molar-refractivity contribution in [1.29, 1.82) is 0 Å². The standard InChI is InChI=1S/C18H21ClN2O2/c1-18(2,3)23-17(22)21-15-10-8-14(9-11-15)20-12-13-6-4-5-7-16(13)19/h4-11,20H,12H2,1-3H3,(H,21,22). The van der Waals surface area contributed by atoms with E-state index in [0.29, 0.717) is 12.2 Å². The monoisotopic (exact) mass is 332 g/mol. The highest BCUT2D eigenvalue weighted by molar-refractivity contribution is 6.31. The predicted molar refractivity (Wildman–Crippen MR) is 95.1 cm³/mol. The lowest BCUT2D eigenvalue weighted by molar-refractivity contribution is 0.0636. The molecule has 0 aromatic heterocycles. The van der Waals surface area contributed by atoms with E-state index in [1.165, 1.54) is 0 Å². The van der Waals surface area contributed by atoms with Gasteiger partial charge in [-0.3, -0.25) is 5.32 Å². The van der Waals surface area contributed by atoms with Crippen LogP contribution >= 0.6 is 11.6 Å². The van der Waals surface area contributed by atoms with E-state index in [0.717, 1.165) is 16.3 Å². The van der Waals surface area contributed by atoms with E-state index in [1.54, 1.807) is 0 Å². The number of carbonyl (C=O) groups excluding carboxylic acids is 1. The zero-order chi connectivity index (χ0) is 16.9. The fraction of sp³-hybridized carbons (Fsp3) is 0.278. The van der Waals surface area contributed by atoms with E-state index < -0.39 is 11.7 Å². The summed E-state index contributed by atoms with van der Waals surface area (Å²) in [6, 6.07) is 15.1. The maximum atomic E-state index is 11.7. The van der Waals surface area contributed by atoms with Crippen LogP contribution in [0.2, 0.25) is 5.02 Å². The van der Waals surface area contributed by atoms with Crippen molar-refractivity contribution in [2.24, 2.45) is 0 Å². The molecule has 0 radical (unpaired) electrons. The van der Waals surface area contributed by atoms with Crippen molar-refractivity contribution in [1.82, 2.24) is 0 Å². The van der Waals surface area contributed by atoms with Crippen LogP contribution < -0.4 is 10.6 Å². The molecule has 5 heteroatoms. The van der Waals surface area contributed by atoms with Crippen LogP contribution in [0.4, 0.5) is 16.2 Å². The molecule has 2 aromatic rings. The van der Waals surface area contributed by atoms with E-state index >= 15 is 0 Å². The zero-order valence-corrected chi connectivity index (χ0v) is 14.3. The topological polar surface area (TPSA) is 50.4 Å². The number of carbonyl (C=O) groups is 1. The Morgan fingerprint density at radius 3 is 2.26 bits per heavy atom. The lowest BCUT2D eigenvalue weighted by atomic mass is 10.2. The fourth-order valence-electron chi connectivity index (χ4n) is 1.93.